The minimum absolute atomic E-state index is 0. The van der Waals surface area contributed by atoms with Crippen molar-refractivity contribution in [2.24, 2.45) is 4.99 Å². The lowest BCUT2D eigenvalue weighted by Crippen LogP contribution is -2.56. The summed E-state index contributed by atoms with van der Waals surface area (Å²) in [6.07, 6.45) is -4.38. The minimum atomic E-state index is -4.38. The van der Waals surface area contributed by atoms with E-state index in [0.29, 0.717) is 19.0 Å². The van der Waals surface area contributed by atoms with Gasteiger partial charge in [-0.2, -0.15) is 13.2 Å². The Morgan fingerprint density at radius 1 is 1.21 bits per heavy atom. The molecule has 1 saturated heterocycles. The molecule has 1 aromatic rings. The molecule has 1 heterocycles. The number of rotatable bonds is 7. The van der Waals surface area contributed by atoms with Gasteiger partial charge in [0.05, 0.1) is 25.3 Å². The van der Waals surface area contributed by atoms with Crippen molar-refractivity contribution < 1.29 is 22.6 Å². The molecule has 1 aliphatic rings. The third-order valence-corrected chi connectivity index (χ3v) is 4.60. The van der Waals surface area contributed by atoms with Gasteiger partial charge in [-0.1, -0.05) is 6.07 Å². The lowest BCUT2D eigenvalue weighted by Gasteiger charge is -2.41. The molecule has 0 amide bonds. The molecular weight excluding hydrogens is 500 g/mol. The fourth-order valence-electron chi connectivity index (χ4n) is 2.90. The van der Waals surface area contributed by atoms with Crippen LogP contribution in [0, 0.1) is 0 Å². The Morgan fingerprint density at radius 2 is 1.90 bits per heavy atom. The van der Waals surface area contributed by atoms with Crippen molar-refractivity contribution in [1.82, 2.24) is 15.5 Å². The normalized spacial score (nSPS) is 16.1. The Balaban J connectivity index is 0.00000420. The van der Waals surface area contributed by atoms with E-state index in [9.17, 15) is 13.2 Å². The second-order valence-corrected chi connectivity index (χ2v) is 7.14. The van der Waals surface area contributed by atoms with Gasteiger partial charge in [-0.25, -0.2) is 0 Å². The maximum atomic E-state index is 12.7. The fourth-order valence-corrected chi connectivity index (χ4v) is 2.90. The van der Waals surface area contributed by atoms with Gasteiger partial charge < -0.3 is 20.1 Å². The molecule has 6 nitrogen and oxygen atoms in total. The van der Waals surface area contributed by atoms with Crippen LogP contribution in [0.25, 0.3) is 0 Å². The highest BCUT2D eigenvalue weighted by Gasteiger charge is 2.30. The number of hydrogen-bond donors (Lipinski definition) is 2. The molecule has 0 atom stereocenters. The highest BCUT2D eigenvalue weighted by molar-refractivity contribution is 14.0. The van der Waals surface area contributed by atoms with Crippen molar-refractivity contribution in [2.75, 3.05) is 53.0 Å². The van der Waals surface area contributed by atoms with Gasteiger partial charge in [0.25, 0.3) is 0 Å². The number of nitrogens with zero attached hydrogens (tertiary/aromatic N) is 2. The van der Waals surface area contributed by atoms with Crippen LogP contribution in [0.4, 0.5) is 13.2 Å². The van der Waals surface area contributed by atoms with E-state index in [1.165, 1.54) is 12.1 Å². The third-order valence-electron chi connectivity index (χ3n) is 4.60. The fraction of sp³-hybridized carbons (Fsp3) is 0.632. The molecule has 10 heteroatoms. The van der Waals surface area contributed by atoms with E-state index < -0.39 is 11.7 Å². The molecule has 1 fully saturated rings. The monoisotopic (exact) mass is 530 g/mol. The smallest absolute Gasteiger partial charge is 0.416 e. The highest BCUT2D eigenvalue weighted by atomic mass is 127. The summed E-state index contributed by atoms with van der Waals surface area (Å²) in [4.78, 5) is 6.54. The molecule has 0 saturated carbocycles. The van der Waals surface area contributed by atoms with Crippen LogP contribution in [0.2, 0.25) is 0 Å². The summed E-state index contributed by atoms with van der Waals surface area (Å²) in [6.45, 7) is 8.91. The van der Waals surface area contributed by atoms with Crippen molar-refractivity contribution in [3.63, 3.8) is 0 Å². The van der Waals surface area contributed by atoms with Crippen molar-refractivity contribution in [3.05, 3.63) is 29.8 Å². The summed E-state index contributed by atoms with van der Waals surface area (Å²) < 4.78 is 49.0. The SMILES string of the molecule is CN=C(NCCOc1cccc(C(F)(F)F)c1)NCC(C)(C)N1CCOCC1.I. The number of alkyl halides is 3. The Bertz CT molecular complexity index is 651. The second kappa shape index (κ2) is 11.8. The summed E-state index contributed by atoms with van der Waals surface area (Å²) in [7, 11) is 1.67. The van der Waals surface area contributed by atoms with Gasteiger partial charge in [0.2, 0.25) is 0 Å². The molecule has 166 valence electrons. The average Bonchev–Trinajstić information content (AvgIpc) is 2.67. The van der Waals surface area contributed by atoms with Crippen LogP contribution in [0.15, 0.2) is 29.3 Å². The van der Waals surface area contributed by atoms with Crippen LogP contribution in [0.1, 0.15) is 19.4 Å². The van der Waals surface area contributed by atoms with Gasteiger partial charge in [-0.3, -0.25) is 9.89 Å². The van der Waals surface area contributed by atoms with E-state index in [0.717, 1.165) is 38.4 Å². The second-order valence-electron chi connectivity index (χ2n) is 7.14. The number of halogens is 4. The van der Waals surface area contributed by atoms with E-state index in [1.807, 2.05) is 0 Å². The first-order valence-corrected chi connectivity index (χ1v) is 9.30. The van der Waals surface area contributed by atoms with Gasteiger partial charge in [-0.05, 0) is 32.0 Å². The van der Waals surface area contributed by atoms with Crippen LogP contribution < -0.4 is 15.4 Å². The summed E-state index contributed by atoms with van der Waals surface area (Å²) in [5.41, 5.74) is -0.781. The van der Waals surface area contributed by atoms with E-state index in [1.54, 1.807) is 7.05 Å². The molecule has 0 radical (unpaired) electrons. The predicted octanol–water partition coefficient (Wildman–Crippen LogP) is 2.98. The van der Waals surface area contributed by atoms with Crippen LogP contribution in [0.3, 0.4) is 0 Å². The Hall–Kier alpha value is -1.27. The topological polar surface area (TPSA) is 58.1 Å². The summed E-state index contributed by atoms with van der Waals surface area (Å²) in [6, 6.07) is 4.86. The van der Waals surface area contributed by atoms with Crippen molar-refractivity contribution in [2.45, 2.75) is 25.6 Å². The first kappa shape index (κ1) is 25.8. The first-order chi connectivity index (χ1) is 13.2. The maximum Gasteiger partial charge on any atom is 0.416 e. The van der Waals surface area contributed by atoms with Crippen molar-refractivity contribution >= 4 is 29.9 Å². The number of aliphatic imine (C=N–C) groups is 1. The van der Waals surface area contributed by atoms with Gasteiger partial charge in [0, 0.05) is 32.2 Å². The van der Waals surface area contributed by atoms with Crippen LogP contribution in [-0.2, 0) is 10.9 Å². The molecule has 2 rings (SSSR count). The van der Waals surface area contributed by atoms with E-state index >= 15 is 0 Å². The van der Waals surface area contributed by atoms with Crippen LogP contribution in [-0.4, -0.2) is 69.4 Å². The lowest BCUT2D eigenvalue weighted by molar-refractivity contribution is -0.137. The summed E-state index contributed by atoms with van der Waals surface area (Å²) >= 11 is 0. The molecule has 0 bridgehead atoms. The number of ether oxygens (including phenoxy) is 2. The maximum absolute atomic E-state index is 12.7. The largest absolute Gasteiger partial charge is 0.492 e. The predicted molar refractivity (Wildman–Crippen MR) is 118 cm³/mol. The van der Waals surface area contributed by atoms with Gasteiger partial charge in [0.1, 0.15) is 12.4 Å². The quantitative estimate of drug-likeness (QED) is 0.246. The molecule has 29 heavy (non-hydrogen) atoms. The minimum Gasteiger partial charge on any atom is -0.492 e. The molecule has 0 unspecified atom stereocenters. The zero-order valence-corrected chi connectivity index (χ0v) is 19.3. The van der Waals surface area contributed by atoms with E-state index in [-0.39, 0.29) is 41.9 Å². The molecule has 0 spiro atoms. The molecule has 0 aromatic heterocycles. The van der Waals surface area contributed by atoms with Crippen molar-refractivity contribution in [1.29, 1.82) is 0 Å². The molecular formula is C19H30F3IN4O2. The Labute approximate surface area is 187 Å². The number of benzene rings is 1. The zero-order valence-electron chi connectivity index (χ0n) is 17.0. The average molecular weight is 530 g/mol. The summed E-state index contributed by atoms with van der Waals surface area (Å²) in [5.74, 6) is 0.807. The number of morpholine rings is 1. The van der Waals surface area contributed by atoms with Gasteiger partial charge in [-0.15, -0.1) is 24.0 Å². The zero-order chi connectivity index (χ0) is 20.6. The Morgan fingerprint density at radius 3 is 2.52 bits per heavy atom. The number of nitrogens with one attached hydrogen (secondary N) is 2. The molecule has 1 aliphatic heterocycles. The number of hydrogen-bond acceptors (Lipinski definition) is 4. The van der Waals surface area contributed by atoms with E-state index in [4.69, 9.17) is 9.47 Å². The third kappa shape index (κ3) is 8.55. The molecule has 0 aliphatic carbocycles. The standard InChI is InChI=1S/C19H29F3N4O2.HI/c1-18(2,26-8-11-27-12-9-26)14-25-17(23-3)24-7-10-28-16-6-4-5-15(13-16)19(20,21)22;/h4-6,13H,7-12,14H2,1-3H3,(H2,23,24,25);1H. The van der Waals surface area contributed by atoms with Gasteiger partial charge >= 0.3 is 6.18 Å². The Kier molecular flexibility index (Phi) is 10.5. The van der Waals surface area contributed by atoms with E-state index in [2.05, 4.69) is 34.4 Å². The van der Waals surface area contributed by atoms with Crippen LogP contribution >= 0.6 is 24.0 Å². The lowest BCUT2D eigenvalue weighted by atomic mass is 10.0. The summed E-state index contributed by atoms with van der Waals surface area (Å²) in [5, 5.41) is 6.40. The van der Waals surface area contributed by atoms with Crippen molar-refractivity contribution in [3.8, 4) is 5.75 Å². The molecule has 2 N–H and O–H groups in total. The van der Waals surface area contributed by atoms with Crippen LogP contribution in [0.5, 0.6) is 5.75 Å². The van der Waals surface area contributed by atoms with Gasteiger partial charge in [0.15, 0.2) is 5.96 Å². The highest BCUT2D eigenvalue weighted by Crippen LogP contribution is 2.31. The number of guanidine groups is 1. The molecule has 1 aromatic carbocycles. The first-order valence-electron chi connectivity index (χ1n) is 9.30.